The van der Waals surface area contributed by atoms with Gasteiger partial charge in [0.25, 0.3) is 11.8 Å². The highest BCUT2D eigenvalue weighted by Gasteiger charge is 2.29. The number of aryl methyl sites for hydroxylation is 2. The molecule has 0 aromatic heterocycles. The summed E-state index contributed by atoms with van der Waals surface area (Å²) in [5, 5.41) is 3.03. The van der Waals surface area contributed by atoms with Gasteiger partial charge in [0.05, 0.1) is 6.54 Å². The topological polar surface area (TPSA) is 82.2 Å². The molecule has 8 nitrogen and oxygen atoms in total. The predicted octanol–water partition coefficient (Wildman–Crippen LogP) is 3.87. The first kappa shape index (κ1) is 27.6. The van der Waals surface area contributed by atoms with Crippen molar-refractivity contribution in [2.75, 3.05) is 44.6 Å². The van der Waals surface area contributed by atoms with Crippen molar-refractivity contribution in [2.45, 2.75) is 59.0 Å². The molecule has 2 aromatic rings. The molecule has 2 aliphatic rings. The molecule has 1 N–H and O–H groups in total. The quantitative estimate of drug-likeness (QED) is 0.600. The summed E-state index contributed by atoms with van der Waals surface area (Å²) >= 11 is 0. The van der Waals surface area contributed by atoms with Crippen LogP contribution in [0, 0.1) is 13.8 Å². The zero-order valence-corrected chi connectivity index (χ0v) is 23.0. The first-order chi connectivity index (χ1) is 18.2. The molecule has 2 aromatic carbocycles. The van der Waals surface area contributed by atoms with Crippen LogP contribution in [0.1, 0.15) is 54.6 Å². The number of benzene rings is 2. The van der Waals surface area contributed by atoms with E-state index in [1.165, 1.54) is 0 Å². The Morgan fingerprint density at radius 2 is 1.50 bits per heavy atom. The molecule has 2 heterocycles. The van der Waals surface area contributed by atoms with Crippen molar-refractivity contribution in [1.29, 1.82) is 0 Å². The number of piperazine rings is 1. The number of nitrogens with zero attached hydrogens (tertiary/aromatic N) is 3. The average molecular weight is 521 g/mol. The van der Waals surface area contributed by atoms with Crippen molar-refractivity contribution in [3.63, 3.8) is 0 Å². The fourth-order valence-corrected chi connectivity index (χ4v) is 5.51. The molecule has 2 atom stereocenters. The Morgan fingerprint density at radius 1 is 0.895 bits per heavy atom. The monoisotopic (exact) mass is 520 g/mol. The summed E-state index contributed by atoms with van der Waals surface area (Å²) in [6.07, 6.45) is 3.21. The number of carbonyl (C=O) groups is 3. The molecule has 0 bridgehead atoms. The molecule has 38 heavy (non-hydrogen) atoms. The number of anilines is 1. The highest BCUT2D eigenvalue weighted by atomic mass is 16.5. The summed E-state index contributed by atoms with van der Waals surface area (Å²) in [4.78, 5) is 44.2. The van der Waals surface area contributed by atoms with Crippen molar-refractivity contribution < 1.29 is 19.1 Å². The van der Waals surface area contributed by atoms with Gasteiger partial charge in [-0.2, -0.15) is 0 Å². The minimum atomic E-state index is -0.0413. The normalized spacial score (nSPS) is 20.2. The van der Waals surface area contributed by atoms with E-state index in [1.807, 2.05) is 41.8 Å². The Balaban J connectivity index is 1.22. The van der Waals surface area contributed by atoms with Gasteiger partial charge in [0.1, 0.15) is 5.75 Å². The van der Waals surface area contributed by atoms with Crippen molar-refractivity contribution in [3.8, 4) is 5.75 Å². The molecule has 0 radical (unpaired) electrons. The van der Waals surface area contributed by atoms with Crippen molar-refractivity contribution in [3.05, 3.63) is 59.2 Å². The van der Waals surface area contributed by atoms with Crippen molar-refractivity contribution in [1.82, 2.24) is 14.7 Å². The van der Waals surface area contributed by atoms with Crippen LogP contribution in [-0.2, 0) is 9.59 Å². The number of likely N-dealkylation sites (tertiary alicyclic amines) is 1. The van der Waals surface area contributed by atoms with Crippen molar-refractivity contribution in [2.24, 2.45) is 0 Å². The second-order valence-electron chi connectivity index (χ2n) is 10.6. The standard InChI is InChI=1S/C30H40N4O4/c1-21-7-5-8-22(2)29(21)31-27(35)19-32-15-17-33(18-16-32)30(37)25-11-13-26(14-12-25)38-20-28(36)34-23(3)9-6-10-24(34)4/h5,7-8,11-14,23-24H,6,9-10,15-20H2,1-4H3,(H,31,35). The summed E-state index contributed by atoms with van der Waals surface area (Å²) in [6, 6.07) is 13.4. The van der Waals surface area contributed by atoms with Crippen LogP contribution >= 0.6 is 0 Å². The number of hydrogen-bond acceptors (Lipinski definition) is 5. The van der Waals surface area contributed by atoms with Crippen LogP contribution < -0.4 is 10.1 Å². The maximum atomic E-state index is 13.0. The van der Waals surface area contributed by atoms with Gasteiger partial charge >= 0.3 is 0 Å². The second-order valence-corrected chi connectivity index (χ2v) is 10.6. The third-order valence-electron chi connectivity index (χ3n) is 7.72. The van der Waals surface area contributed by atoms with Crippen LogP contribution in [0.15, 0.2) is 42.5 Å². The zero-order chi connectivity index (χ0) is 27.2. The third kappa shape index (κ3) is 6.72. The minimum absolute atomic E-state index is 0.000912. The van der Waals surface area contributed by atoms with E-state index in [0.29, 0.717) is 44.0 Å². The molecular formula is C30H40N4O4. The zero-order valence-electron chi connectivity index (χ0n) is 23.0. The lowest BCUT2D eigenvalue weighted by atomic mass is 9.97. The van der Waals surface area contributed by atoms with E-state index in [4.69, 9.17) is 4.74 Å². The highest BCUT2D eigenvalue weighted by Crippen LogP contribution is 2.23. The average Bonchev–Trinajstić information content (AvgIpc) is 2.90. The number of rotatable bonds is 7. The SMILES string of the molecule is Cc1cccc(C)c1NC(=O)CN1CCN(C(=O)c2ccc(OCC(=O)N3C(C)CCCC3C)cc2)CC1. The van der Waals surface area contributed by atoms with E-state index < -0.39 is 0 Å². The number of carbonyl (C=O) groups excluding carboxylic acids is 3. The summed E-state index contributed by atoms with van der Waals surface area (Å²) in [6.45, 7) is 10.9. The third-order valence-corrected chi connectivity index (χ3v) is 7.72. The van der Waals surface area contributed by atoms with E-state index in [1.54, 1.807) is 24.3 Å². The van der Waals surface area contributed by atoms with E-state index in [2.05, 4.69) is 24.1 Å². The van der Waals surface area contributed by atoms with Gasteiger partial charge in [-0.1, -0.05) is 18.2 Å². The van der Waals surface area contributed by atoms with Crippen LogP contribution in [0.2, 0.25) is 0 Å². The molecule has 2 unspecified atom stereocenters. The minimum Gasteiger partial charge on any atom is -0.484 e. The maximum Gasteiger partial charge on any atom is 0.260 e. The molecule has 2 saturated heterocycles. The van der Waals surface area contributed by atoms with Gasteiger partial charge in [-0.3, -0.25) is 19.3 Å². The van der Waals surface area contributed by atoms with Crippen LogP contribution in [0.5, 0.6) is 5.75 Å². The van der Waals surface area contributed by atoms with Crippen molar-refractivity contribution >= 4 is 23.4 Å². The maximum absolute atomic E-state index is 13.0. The number of hydrogen-bond donors (Lipinski definition) is 1. The molecule has 2 aliphatic heterocycles. The van der Waals surface area contributed by atoms with Gasteiger partial charge in [0.15, 0.2) is 6.61 Å². The molecule has 0 aliphatic carbocycles. The molecule has 0 saturated carbocycles. The Labute approximate surface area is 225 Å². The Kier molecular flexibility index (Phi) is 9.05. The number of amides is 3. The van der Waals surface area contributed by atoms with Crippen LogP contribution in [0.3, 0.4) is 0 Å². The van der Waals surface area contributed by atoms with Crippen LogP contribution in [0.25, 0.3) is 0 Å². The highest BCUT2D eigenvalue weighted by molar-refractivity contribution is 5.95. The predicted molar refractivity (Wildman–Crippen MR) is 148 cm³/mol. The molecular weight excluding hydrogens is 480 g/mol. The molecule has 0 spiro atoms. The lowest BCUT2D eigenvalue weighted by Crippen LogP contribution is -2.50. The first-order valence-corrected chi connectivity index (χ1v) is 13.6. The van der Waals surface area contributed by atoms with Gasteiger partial charge < -0.3 is 19.9 Å². The van der Waals surface area contributed by atoms with Gasteiger partial charge in [0, 0.05) is 49.5 Å². The van der Waals surface area contributed by atoms with E-state index in [0.717, 1.165) is 36.1 Å². The largest absolute Gasteiger partial charge is 0.484 e. The van der Waals surface area contributed by atoms with Gasteiger partial charge in [0.2, 0.25) is 5.91 Å². The van der Waals surface area contributed by atoms with Crippen LogP contribution in [-0.4, -0.2) is 83.8 Å². The van der Waals surface area contributed by atoms with Crippen LogP contribution in [0.4, 0.5) is 5.69 Å². The Hall–Kier alpha value is -3.39. The van der Waals surface area contributed by atoms with Gasteiger partial charge in [-0.05, 0) is 82.3 Å². The van der Waals surface area contributed by atoms with Gasteiger partial charge in [-0.15, -0.1) is 0 Å². The summed E-state index contributed by atoms with van der Waals surface area (Å²) < 4.78 is 5.75. The molecule has 3 amide bonds. The van der Waals surface area contributed by atoms with Gasteiger partial charge in [-0.25, -0.2) is 0 Å². The lowest BCUT2D eigenvalue weighted by molar-refractivity contribution is -0.139. The summed E-state index contributed by atoms with van der Waals surface area (Å²) in [7, 11) is 0. The lowest BCUT2D eigenvalue weighted by Gasteiger charge is -2.39. The Bertz CT molecular complexity index is 1110. The number of piperidine rings is 1. The fraction of sp³-hybridized carbons (Fsp3) is 0.500. The second kappa shape index (κ2) is 12.4. The van der Waals surface area contributed by atoms with E-state index in [-0.39, 0.29) is 36.4 Å². The number of para-hydroxylation sites is 1. The van der Waals surface area contributed by atoms with E-state index in [9.17, 15) is 14.4 Å². The molecule has 8 heteroatoms. The summed E-state index contributed by atoms with van der Waals surface area (Å²) in [5.74, 6) is 0.501. The Morgan fingerprint density at radius 3 is 2.11 bits per heavy atom. The molecule has 4 rings (SSSR count). The summed E-state index contributed by atoms with van der Waals surface area (Å²) in [5.41, 5.74) is 3.55. The van der Waals surface area contributed by atoms with E-state index >= 15 is 0 Å². The molecule has 204 valence electrons. The molecule has 2 fully saturated rings. The number of ether oxygens (including phenoxy) is 1. The smallest absolute Gasteiger partial charge is 0.260 e. The fourth-order valence-electron chi connectivity index (χ4n) is 5.51. The number of nitrogens with one attached hydrogen (secondary N) is 1. The first-order valence-electron chi connectivity index (χ1n) is 13.6.